The van der Waals surface area contributed by atoms with E-state index in [4.69, 9.17) is 18.9 Å². The molecule has 0 unspecified atom stereocenters. The van der Waals surface area contributed by atoms with Gasteiger partial charge in [-0.25, -0.2) is 0 Å². The molecule has 2 aliphatic carbocycles. The number of hydrogen-bond donors (Lipinski definition) is 0. The smallest absolute Gasteiger partial charge is 0.328 e. The van der Waals surface area contributed by atoms with E-state index < -0.39 is 27.6 Å². The van der Waals surface area contributed by atoms with E-state index in [1.165, 1.54) is 34.5 Å². The fourth-order valence-electron chi connectivity index (χ4n) is 6.81. The van der Waals surface area contributed by atoms with Gasteiger partial charge >= 0.3 is 11.5 Å². The number of nitrogens with zero attached hydrogens (tertiary/aromatic N) is 1. The van der Waals surface area contributed by atoms with Crippen LogP contribution in [0.1, 0.15) is 105 Å². The van der Waals surface area contributed by atoms with E-state index in [0.29, 0.717) is 70.1 Å². The van der Waals surface area contributed by atoms with E-state index in [-0.39, 0.29) is 17.8 Å². The van der Waals surface area contributed by atoms with E-state index in [2.05, 4.69) is 13.8 Å². The van der Waals surface area contributed by atoms with Gasteiger partial charge in [-0.05, 0) is 65.4 Å². The summed E-state index contributed by atoms with van der Waals surface area (Å²) in [6.45, 7) is 4.20. The van der Waals surface area contributed by atoms with Crippen molar-refractivity contribution in [2.45, 2.75) is 83.5 Å². The molecule has 0 amide bonds. The number of methoxy groups -OCH3 is 4. The van der Waals surface area contributed by atoms with Gasteiger partial charge in [-0.3, -0.25) is 24.5 Å². The maximum Gasteiger partial charge on any atom is 0.328 e. The average molecular weight is 634 g/mol. The summed E-state index contributed by atoms with van der Waals surface area (Å²) in [6.07, 6.45) is 8.94. The molecule has 46 heavy (non-hydrogen) atoms. The van der Waals surface area contributed by atoms with Crippen LogP contribution >= 0.6 is 0 Å². The zero-order chi connectivity index (χ0) is 33.6. The molecule has 0 saturated carbocycles. The predicted molar refractivity (Wildman–Crippen MR) is 174 cm³/mol. The Morgan fingerprint density at radius 1 is 0.761 bits per heavy atom. The molecule has 2 aromatic carbocycles. The standard InChI is InChI=1S/C36H43NO9/c1-7-9-11-13-15-27(38)22-17-29(43-3)31(45-5)20-24(22)36(16-14-12-10-8-2)25-21-32(46-6)30(44-4)18-23(25)33-26(36)19-28(39)35(40)34(33)37(41)42/h17-21H,7-16H2,1-6H3/t36-/m1/s1. The Balaban J connectivity index is 2.17. The molecule has 2 aliphatic rings. The van der Waals surface area contributed by atoms with Gasteiger partial charge in [-0.1, -0.05) is 58.8 Å². The molecule has 0 aromatic heterocycles. The van der Waals surface area contributed by atoms with Crippen LogP contribution in [0.2, 0.25) is 0 Å². The molecule has 246 valence electrons. The molecule has 10 heteroatoms. The first-order chi connectivity index (χ1) is 22.1. The van der Waals surface area contributed by atoms with Gasteiger partial charge in [0.15, 0.2) is 28.8 Å². The summed E-state index contributed by atoms with van der Waals surface area (Å²) in [5, 5.41) is 12.5. The van der Waals surface area contributed by atoms with Crippen LogP contribution in [-0.4, -0.2) is 50.7 Å². The number of benzene rings is 2. The molecule has 4 rings (SSSR count). The molecule has 0 heterocycles. The Hall–Kier alpha value is -4.47. The van der Waals surface area contributed by atoms with Crippen LogP contribution in [0.15, 0.2) is 41.6 Å². The first-order valence-corrected chi connectivity index (χ1v) is 15.9. The van der Waals surface area contributed by atoms with Crippen molar-refractivity contribution in [3.8, 4) is 23.0 Å². The Labute approximate surface area is 269 Å². The number of ether oxygens (including phenoxy) is 4. The second kappa shape index (κ2) is 14.7. The van der Waals surface area contributed by atoms with E-state index >= 15 is 0 Å². The van der Waals surface area contributed by atoms with Gasteiger partial charge in [0.1, 0.15) is 0 Å². The number of unbranched alkanes of at least 4 members (excludes halogenated alkanes) is 6. The molecule has 0 N–H and O–H groups in total. The van der Waals surface area contributed by atoms with Crippen molar-refractivity contribution in [2.75, 3.05) is 28.4 Å². The minimum absolute atomic E-state index is 0.0529. The number of nitro groups is 1. The number of Topliss-reactive ketones (excluding diaryl/α,β-unsaturated/α-hetero) is 2. The highest BCUT2D eigenvalue weighted by Gasteiger charge is 2.55. The topological polar surface area (TPSA) is 131 Å². The van der Waals surface area contributed by atoms with Crippen LogP contribution in [-0.2, 0) is 15.0 Å². The van der Waals surface area contributed by atoms with Crippen LogP contribution in [0.5, 0.6) is 23.0 Å². The molecule has 10 nitrogen and oxygen atoms in total. The van der Waals surface area contributed by atoms with Crippen LogP contribution in [0.25, 0.3) is 5.57 Å². The number of allylic oxidation sites excluding steroid dienone is 4. The molecular formula is C36H43NO9. The number of hydrogen-bond acceptors (Lipinski definition) is 9. The lowest BCUT2D eigenvalue weighted by Crippen LogP contribution is -2.33. The summed E-state index contributed by atoms with van der Waals surface area (Å²) in [4.78, 5) is 52.3. The fourth-order valence-corrected chi connectivity index (χ4v) is 6.81. The largest absolute Gasteiger partial charge is 0.493 e. The monoisotopic (exact) mass is 633 g/mol. The van der Waals surface area contributed by atoms with E-state index in [0.717, 1.165) is 38.5 Å². The van der Waals surface area contributed by atoms with Gasteiger partial charge in [0.2, 0.25) is 5.78 Å². The fraction of sp³-hybridized carbons (Fsp3) is 0.472. The molecule has 0 radical (unpaired) electrons. The van der Waals surface area contributed by atoms with Gasteiger partial charge in [0.25, 0.3) is 0 Å². The van der Waals surface area contributed by atoms with Gasteiger partial charge in [0.05, 0.1) is 38.9 Å². The molecule has 1 atom stereocenters. The van der Waals surface area contributed by atoms with E-state index in [9.17, 15) is 24.5 Å². The molecule has 0 bridgehead atoms. The van der Waals surface area contributed by atoms with Crippen molar-refractivity contribution in [1.82, 2.24) is 0 Å². The number of ketones is 3. The third kappa shape index (κ3) is 6.04. The molecule has 2 aromatic rings. The van der Waals surface area contributed by atoms with Gasteiger partial charge < -0.3 is 18.9 Å². The summed E-state index contributed by atoms with van der Waals surface area (Å²) in [5.74, 6) is -0.892. The third-order valence-corrected chi connectivity index (χ3v) is 9.06. The highest BCUT2D eigenvalue weighted by Crippen LogP contribution is 2.61. The maximum absolute atomic E-state index is 14.2. The number of fused-ring (bicyclic) bond motifs is 3. The minimum Gasteiger partial charge on any atom is -0.493 e. The maximum atomic E-state index is 14.2. The lowest BCUT2D eigenvalue weighted by molar-refractivity contribution is -0.417. The van der Waals surface area contributed by atoms with Crippen LogP contribution < -0.4 is 18.9 Å². The Kier molecular flexibility index (Phi) is 11.0. The second-order valence-electron chi connectivity index (χ2n) is 11.7. The van der Waals surface area contributed by atoms with Gasteiger partial charge in [-0.2, -0.15) is 0 Å². The highest BCUT2D eigenvalue weighted by molar-refractivity contribution is 6.50. The molecular weight excluding hydrogens is 590 g/mol. The molecule has 0 fully saturated rings. The van der Waals surface area contributed by atoms with Crippen molar-refractivity contribution < 1.29 is 38.3 Å². The molecule has 0 saturated heterocycles. The van der Waals surface area contributed by atoms with Crippen LogP contribution in [0.3, 0.4) is 0 Å². The Morgan fingerprint density at radius 3 is 1.87 bits per heavy atom. The van der Waals surface area contributed by atoms with E-state index in [1.807, 2.05) is 0 Å². The van der Waals surface area contributed by atoms with Gasteiger partial charge in [0, 0.05) is 17.4 Å². The summed E-state index contributed by atoms with van der Waals surface area (Å²) >= 11 is 0. The predicted octanol–water partition coefficient (Wildman–Crippen LogP) is 7.21. The van der Waals surface area contributed by atoms with Crippen molar-refractivity contribution in [2.24, 2.45) is 0 Å². The van der Waals surface area contributed by atoms with Crippen LogP contribution in [0, 0.1) is 10.1 Å². The first kappa shape index (κ1) is 34.4. The van der Waals surface area contributed by atoms with Crippen LogP contribution in [0.4, 0.5) is 0 Å². The van der Waals surface area contributed by atoms with Crippen molar-refractivity contribution in [1.29, 1.82) is 0 Å². The lowest BCUT2D eigenvalue weighted by Gasteiger charge is -2.36. The Morgan fingerprint density at radius 2 is 1.30 bits per heavy atom. The average Bonchev–Trinajstić information content (AvgIpc) is 3.31. The second-order valence-corrected chi connectivity index (χ2v) is 11.7. The quantitative estimate of drug-likeness (QED) is 0.0443. The zero-order valence-corrected chi connectivity index (χ0v) is 27.6. The minimum atomic E-state index is -1.25. The van der Waals surface area contributed by atoms with Crippen molar-refractivity contribution in [3.05, 3.63) is 74.0 Å². The number of carbonyl (C=O) groups is 3. The SMILES string of the molecule is CCCCCCC(=O)c1cc(OC)c(OC)cc1[C@@]1(CCCCCC)C2=CC(=O)C(=O)C([N+](=O)[O-])=C2c2cc(OC)c(OC)cc21. The third-order valence-electron chi connectivity index (χ3n) is 9.06. The number of rotatable bonds is 17. The Bertz CT molecular complexity index is 1600. The molecule has 0 spiro atoms. The lowest BCUT2D eigenvalue weighted by atomic mass is 9.66. The summed E-state index contributed by atoms with van der Waals surface area (Å²) in [5.41, 5.74) is 0.180. The van der Waals surface area contributed by atoms with E-state index in [1.54, 1.807) is 24.3 Å². The summed E-state index contributed by atoms with van der Waals surface area (Å²) < 4.78 is 22.6. The van der Waals surface area contributed by atoms with Crippen molar-refractivity contribution >= 4 is 22.9 Å². The highest BCUT2D eigenvalue weighted by atomic mass is 16.6. The number of carbonyl (C=O) groups excluding carboxylic acids is 3. The summed E-state index contributed by atoms with van der Waals surface area (Å²) in [6, 6.07) is 6.77. The summed E-state index contributed by atoms with van der Waals surface area (Å²) in [7, 11) is 5.94. The zero-order valence-electron chi connectivity index (χ0n) is 27.6. The first-order valence-electron chi connectivity index (χ1n) is 15.9. The normalized spacial score (nSPS) is 17.0. The van der Waals surface area contributed by atoms with Gasteiger partial charge in [-0.15, -0.1) is 0 Å². The molecule has 0 aliphatic heterocycles. The van der Waals surface area contributed by atoms with Crippen molar-refractivity contribution in [3.63, 3.8) is 0 Å².